The van der Waals surface area contributed by atoms with Gasteiger partial charge < -0.3 is 14.4 Å². The van der Waals surface area contributed by atoms with E-state index in [0.717, 1.165) is 39.3 Å². The fraction of sp³-hybridized carbons (Fsp3) is 0.562. The lowest BCUT2D eigenvalue weighted by Gasteiger charge is -2.26. The van der Waals surface area contributed by atoms with Crippen molar-refractivity contribution >= 4 is 5.97 Å². The minimum atomic E-state index is -0.103. The molecule has 0 saturated carbocycles. The summed E-state index contributed by atoms with van der Waals surface area (Å²) in [6.07, 6.45) is 1.18. The smallest absolute Gasteiger partial charge is 0.306 e. The summed E-state index contributed by atoms with van der Waals surface area (Å²) in [5.41, 5.74) is 1.18. The van der Waals surface area contributed by atoms with E-state index in [9.17, 15) is 4.79 Å². The third-order valence-corrected chi connectivity index (χ3v) is 3.57. The van der Waals surface area contributed by atoms with Gasteiger partial charge in [0.05, 0.1) is 13.2 Å². The number of hydrogen-bond donors (Lipinski definition) is 1. The van der Waals surface area contributed by atoms with Crippen LogP contribution in [0.2, 0.25) is 0 Å². The number of rotatable bonds is 6. The molecule has 20 heavy (non-hydrogen) atoms. The average molecular weight is 278 g/mol. The molecule has 1 aromatic carbocycles. The van der Waals surface area contributed by atoms with E-state index < -0.39 is 0 Å². The summed E-state index contributed by atoms with van der Waals surface area (Å²) in [4.78, 5) is 13.3. The molecule has 1 aromatic rings. The van der Waals surface area contributed by atoms with Crippen molar-refractivity contribution in [3.8, 4) is 0 Å². The van der Waals surface area contributed by atoms with Crippen LogP contribution in [0.3, 0.4) is 0 Å². The van der Waals surface area contributed by atoms with Crippen LogP contribution in [-0.4, -0.2) is 44.9 Å². The van der Waals surface area contributed by atoms with Crippen LogP contribution in [0.15, 0.2) is 30.3 Å². The van der Waals surface area contributed by atoms with Gasteiger partial charge in [-0.1, -0.05) is 30.3 Å². The first-order chi connectivity index (χ1) is 9.74. The van der Waals surface area contributed by atoms with Gasteiger partial charge >= 0.3 is 5.97 Å². The molecular weight excluding hydrogens is 254 g/mol. The molecule has 2 rings (SSSR count). The van der Waals surface area contributed by atoms with E-state index in [-0.39, 0.29) is 12.1 Å². The van der Waals surface area contributed by atoms with E-state index in [1.165, 1.54) is 10.5 Å². The maximum absolute atomic E-state index is 11.8. The normalized spacial score (nSPS) is 17.6. The predicted octanol–water partition coefficient (Wildman–Crippen LogP) is 0.466. The molecule has 0 amide bonds. The zero-order chi connectivity index (χ0) is 14.2. The first kappa shape index (κ1) is 15.0. The van der Waals surface area contributed by atoms with E-state index >= 15 is 0 Å². The van der Waals surface area contributed by atoms with E-state index in [0.29, 0.717) is 6.42 Å². The summed E-state index contributed by atoms with van der Waals surface area (Å²) in [5.74, 6) is -0.103. The molecule has 1 aliphatic heterocycles. The van der Waals surface area contributed by atoms with Crippen molar-refractivity contribution in [2.45, 2.75) is 25.9 Å². The number of ether oxygens (including phenoxy) is 2. The SMILES string of the molecule is C[C@@H](C[NH+]1CCOCC1)OC(=O)CCc1ccccc1. The molecule has 1 fully saturated rings. The molecule has 4 heteroatoms. The lowest BCUT2D eigenvalue weighted by Crippen LogP contribution is -3.15. The summed E-state index contributed by atoms with van der Waals surface area (Å²) in [6, 6.07) is 10.0. The highest BCUT2D eigenvalue weighted by molar-refractivity contribution is 5.69. The Morgan fingerprint density at radius 1 is 1.30 bits per heavy atom. The zero-order valence-electron chi connectivity index (χ0n) is 12.1. The quantitative estimate of drug-likeness (QED) is 0.769. The predicted molar refractivity (Wildman–Crippen MR) is 76.7 cm³/mol. The highest BCUT2D eigenvalue weighted by Crippen LogP contribution is 2.04. The Morgan fingerprint density at radius 2 is 2.00 bits per heavy atom. The molecule has 1 heterocycles. The third kappa shape index (κ3) is 5.31. The lowest BCUT2D eigenvalue weighted by atomic mass is 10.1. The first-order valence-electron chi connectivity index (χ1n) is 7.39. The monoisotopic (exact) mass is 278 g/mol. The van der Waals surface area contributed by atoms with Crippen LogP contribution < -0.4 is 4.90 Å². The molecule has 0 radical (unpaired) electrons. The van der Waals surface area contributed by atoms with Gasteiger partial charge in [0.1, 0.15) is 25.7 Å². The maximum Gasteiger partial charge on any atom is 0.306 e. The van der Waals surface area contributed by atoms with Crippen LogP contribution >= 0.6 is 0 Å². The van der Waals surface area contributed by atoms with Gasteiger partial charge in [0.25, 0.3) is 0 Å². The van der Waals surface area contributed by atoms with Crippen LogP contribution in [-0.2, 0) is 20.7 Å². The third-order valence-electron chi connectivity index (χ3n) is 3.57. The number of esters is 1. The molecule has 4 nitrogen and oxygen atoms in total. The number of carbonyl (C=O) groups is 1. The minimum Gasteiger partial charge on any atom is -0.457 e. The van der Waals surface area contributed by atoms with Crippen LogP contribution in [0, 0.1) is 0 Å². The Bertz CT molecular complexity index is 401. The summed E-state index contributed by atoms with van der Waals surface area (Å²) < 4.78 is 10.8. The Kier molecular flexibility index (Phi) is 6.02. The van der Waals surface area contributed by atoms with Crippen molar-refractivity contribution in [2.75, 3.05) is 32.8 Å². The summed E-state index contributed by atoms with van der Waals surface area (Å²) in [6.45, 7) is 6.48. The molecule has 1 aliphatic rings. The largest absolute Gasteiger partial charge is 0.457 e. The molecule has 1 saturated heterocycles. The van der Waals surface area contributed by atoms with Crippen molar-refractivity contribution < 1.29 is 19.2 Å². The van der Waals surface area contributed by atoms with Crippen LogP contribution in [0.5, 0.6) is 0 Å². The van der Waals surface area contributed by atoms with Crippen molar-refractivity contribution in [1.82, 2.24) is 0 Å². The van der Waals surface area contributed by atoms with Gasteiger partial charge in [-0.05, 0) is 18.9 Å². The Balaban J connectivity index is 1.65. The Labute approximate surface area is 120 Å². The maximum atomic E-state index is 11.8. The zero-order valence-corrected chi connectivity index (χ0v) is 12.1. The second kappa shape index (κ2) is 8.02. The summed E-state index contributed by atoms with van der Waals surface area (Å²) >= 11 is 0. The van der Waals surface area contributed by atoms with E-state index in [4.69, 9.17) is 9.47 Å². The Hall–Kier alpha value is -1.39. The van der Waals surface area contributed by atoms with Gasteiger partial charge in [0.15, 0.2) is 0 Å². The average Bonchev–Trinajstić information content (AvgIpc) is 2.47. The van der Waals surface area contributed by atoms with Crippen molar-refractivity contribution in [3.63, 3.8) is 0 Å². The molecule has 1 N–H and O–H groups in total. The van der Waals surface area contributed by atoms with E-state index in [1.54, 1.807) is 0 Å². The van der Waals surface area contributed by atoms with Gasteiger partial charge in [-0.25, -0.2) is 0 Å². The summed E-state index contributed by atoms with van der Waals surface area (Å²) in [7, 11) is 0. The second-order valence-electron chi connectivity index (χ2n) is 5.35. The number of aryl methyl sites for hydroxylation is 1. The van der Waals surface area contributed by atoms with Gasteiger partial charge in [0.2, 0.25) is 0 Å². The molecule has 0 unspecified atom stereocenters. The first-order valence-corrected chi connectivity index (χ1v) is 7.39. The van der Waals surface area contributed by atoms with Gasteiger partial charge in [0, 0.05) is 6.42 Å². The highest BCUT2D eigenvalue weighted by atomic mass is 16.5. The molecule has 1 atom stereocenters. The van der Waals surface area contributed by atoms with Crippen molar-refractivity contribution in [1.29, 1.82) is 0 Å². The fourth-order valence-electron chi connectivity index (χ4n) is 2.49. The van der Waals surface area contributed by atoms with Crippen molar-refractivity contribution in [3.05, 3.63) is 35.9 Å². The lowest BCUT2D eigenvalue weighted by molar-refractivity contribution is -0.910. The van der Waals surface area contributed by atoms with Gasteiger partial charge in [-0.3, -0.25) is 4.79 Å². The topological polar surface area (TPSA) is 40.0 Å². The Morgan fingerprint density at radius 3 is 2.70 bits per heavy atom. The molecule has 0 spiro atoms. The van der Waals surface area contributed by atoms with Gasteiger partial charge in [-0.15, -0.1) is 0 Å². The highest BCUT2D eigenvalue weighted by Gasteiger charge is 2.19. The summed E-state index contributed by atoms with van der Waals surface area (Å²) in [5, 5.41) is 0. The van der Waals surface area contributed by atoms with E-state index in [1.807, 2.05) is 37.3 Å². The number of carbonyl (C=O) groups excluding carboxylic acids is 1. The molecular formula is C16H24NO3+. The number of benzene rings is 1. The number of morpholine rings is 1. The number of hydrogen-bond acceptors (Lipinski definition) is 3. The number of quaternary nitrogens is 1. The molecule has 110 valence electrons. The second-order valence-corrected chi connectivity index (χ2v) is 5.35. The van der Waals surface area contributed by atoms with Crippen LogP contribution in [0.4, 0.5) is 0 Å². The standard InChI is InChI=1S/C16H23NO3/c1-14(13-17-9-11-19-12-10-17)20-16(18)8-7-15-5-3-2-4-6-15/h2-6,14H,7-13H2,1H3/p+1/t14-/m0/s1. The van der Waals surface area contributed by atoms with Crippen LogP contribution in [0.25, 0.3) is 0 Å². The molecule has 0 aliphatic carbocycles. The molecule has 0 bridgehead atoms. The number of nitrogens with one attached hydrogen (secondary N) is 1. The van der Waals surface area contributed by atoms with Gasteiger partial charge in [-0.2, -0.15) is 0 Å². The minimum absolute atomic E-state index is 0.0219. The van der Waals surface area contributed by atoms with Crippen molar-refractivity contribution in [2.24, 2.45) is 0 Å². The fourth-order valence-corrected chi connectivity index (χ4v) is 2.49. The van der Waals surface area contributed by atoms with E-state index in [2.05, 4.69) is 0 Å². The molecule has 0 aromatic heterocycles. The van der Waals surface area contributed by atoms with Crippen LogP contribution in [0.1, 0.15) is 18.9 Å².